The molecule has 1 heterocycles. The fraction of sp³-hybridized carbons (Fsp3) is 0.381. The molecule has 7 heteroatoms. The molecule has 1 N–H and O–H groups in total. The predicted molar refractivity (Wildman–Crippen MR) is 107 cm³/mol. The Morgan fingerprint density at radius 2 is 1.75 bits per heavy atom. The Bertz CT molecular complexity index is 954. The van der Waals surface area contributed by atoms with Gasteiger partial charge >= 0.3 is 0 Å². The third-order valence-corrected chi connectivity index (χ3v) is 6.79. The third kappa shape index (κ3) is 3.99. The summed E-state index contributed by atoms with van der Waals surface area (Å²) in [5, 5.41) is 0. The molecular weight excluding hydrogens is 376 g/mol. The molecule has 6 nitrogen and oxygen atoms in total. The van der Waals surface area contributed by atoms with Crippen molar-refractivity contribution in [2.24, 2.45) is 0 Å². The first-order valence-electron chi connectivity index (χ1n) is 9.66. The molecule has 1 fully saturated rings. The molecule has 4 rings (SSSR count). The van der Waals surface area contributed by atoms with Gasteiger partial charge in [-0.2, -0.15) is 0 Å². The number of fused-ring (bicyclic) bond motifs is 1. The summed E-state index contributed by atoms with van der Waals surface area (Å²) in [7, 11) is -3.67. The molecule has 0 bridgehead atoms. The fourth-order valence-electron chi connectivity index (χ4n) is 3.94. The van der Waals surface area contributed by atoms with Gasteiger partial charge in [0.25, 0.3) is 15.9 Å². The van der Waals surface area contributed by atoms with E-state index in [1.807, 2.05) is 4.90 Å². The van der Waals surface area contributed by atoms with Crippen LogP contribution in [0.2, 0.25) is 0 Å². The van der Waals surface area contributed by atoms with E-state index in [0.717, 1.165) is 31.2 Å². The lowest BCUT2D eigenvalue weighted by atomic mass is 9.94. The topological polar surface area (TPSA) is 75.7 Å². The lowest BCUT2D eigenvalue weighted by Crippen LogP contribution is -2.42. The molecule has 2 aromatic carbocycles. The van der Waals surface area contributed by atoms with Gasteiger partial charge < -0.3 is 9.64 Å². The SMILES string of the molecule is O=C1COc2ccc(NS(=O)(=O)c3ccccc3)cc2CN1C1CCCCC1. The van der Waals surface area contributed by atoms with Crippen molar-refractivity contribution in [1.29, 1.82) is 0 Å². The van der Waals surface area contributed by atoms with Gasteiger partial charge in [0.2, 0.25) is 0 Å². The number of hydrogen-bond acceptors (Lipinski definition) is 4. The van der Waals surface area contributed by atoms with E-state index in [1.54, 1.807) is 48.5 Å². The number of benzene rings is 2. The molecule has 0 spiro atoms. The maximum absolute atomic E-state index is 12.6. The fourth-order valence-corrected chi connectivity index (χ4v) is 5.01. The number of carbonyl (C=O) groups excluding carboxylic acids is 1. The minimum atomic E-state index is -3.67. The number of anilines is 1. The van der Waals surface area contributed by atoms with Gasteiger partial charge in [0.05, 0.1) is 4.90 Å². The second-order valence-corrected chi connectivity index (χ2v) is 9.03. The van der Waals surface area contributed by atoms with E-state index < -0.39 is 10.0 Å². The second-order valence-electron chi connectivity index (χ2n) is 7.34. The zero-order valence-corrected chi connectivity index (χ0v) is 16.5. The predicted octanol–water partition coefficient (Wildman–Crippen LogP) is 3.54. The monoisotopic (exact) mass is 400 g/mol. The standard InChI is InChI=1S/C21H24N2O4S/c24-21-15-27-20-12-11-17(22-28(25,26)19-9-5-2-6-10-19)13-16(20)14-23(21)18-7-3-1-4-8-18/h2,5-6,9-13,18,22H,1,3-4,7-8,14-15H2. The Kier molecular flexibility index (Phi) is 5.26. The van der Waals surface area contributed by atoms with Gasteiger partial charge in [-0.15, -0.1) is 0 Å². The maximum Gasteiger partial charge on any atom is 0.261 e. The van der Waals surface area contributed by atoms with Crippen LogP contribution in [0.3, 0.4) is 0 Å². The molecule has 2 aliphatic rings. The van der Waals surface area contributed by atoms with Gasteiger partial charge in [-0.1, -0.05) is 37.5 Å². The zero-order valence-electron chi connectivity index (χ0n) is 15.6. The molecule has 0 radical (unpaired) electrons. The van der Waals surface area contributed by atoms with E-state index in [-0.39, 0.29) is 23.5 Å². The van der Waals surface area contributed by atoms with Crippen molar-refractivity contribution in [3.8, 4) is 5.75 Å². The molecule has 0 saturated heterocycles. The third-order valence-electron chi connectivity index (χ3n) is 5.39. The molecule has 148 valence electrons. The van der Waals surface area contributed by atoms with E-state index in [4.69, 9.17) is 4.74 Å². The van der Waals surface area contributed by atoms with Gasteiger partial charge in [0.1, 0.15) is 5.75 Å². The van der Waals surface area contributed by atoms with Crippen LogP contribution in [0, 0.1) is 0 Å². The number of ether oxygens (including phenoxy) is 1. The summed E-state index contributed by atoms with van der Waals surface area (Å²) in [4.78, 5) is 14.7. The van der Waals surface area contributed by atoms with Gasteiger partial charge in [0, 0.05) is 23.8 Å². The maximum atomic E-state index is 12.6. The normalized spacial score (nSPS) is 18.1. The molecule has 1 saturated carbocycles. The Balaban J connectivity index is 1.58. The number of sulfonamides is 1. The summed E-state index contributed by atoms with van der Waals surface area (Å²) in [6, 6.07) is 13.7. The number of nitrogens with zero attached hydrogens (tertiary/aromatic N) is 1. The van der Waals surface area contributed by atoms with Crippen molar-refractivity contribution in [1.82, 2.24) is 4.90 Å². The number of amides is 1. The first-order valence-corrected chi connectivity index (χ1v) is 11.1. The minimum absolute atomic E-state index is 0.00508. The first kappa shape index (κ1) is 18.8. The summed E-state index contributed by atoms with van der Waals surface area (Å²) >= 11 is 0. The van der Waals surface area contributed by atoms with Crippen LogP contribution >= 0.6 is 0 Å². The van der Waals surface area contributed by atoms with Crippen LogP contribution in [-0.4, -0.2) is 31.9 Å². The van der Waals surface area contributed by atoms with Gasteiger partial charge in [-0.05, 0) is 43.2 Å². The van der Waals surface area contributed by atoms with Crippen LogP contribution in [0.5, 0.6) is 5.75 Å². The average Bonchev–Trinajstić information content (AvgIpc) is 2.88. The highest BCUT2D eigenvalue weighted by atomic mass is 32.2. The Morgan fingerprint density at radius 1 is 1.00 bits per heavy atom. The Morgan fingerprint density at radius 3 is 2.50 bits per heavy atom. The summed E-state index contributed by atoms with van der Waals surface area (Å²) < 4.78 is 33.5. The van der Waals surface area contributed by atoms with Gasteiger partial charge in [-0.25, -0.2) is 8.42 Å². The van der Waals surface area contributed by atoms with Crippen molar-refractivity contribution in [2.45, 2.75) is 49.6 Å². The van der Waals surface area contributed by atoms with Crippen LogP contribution < -0.4 is 9.46 Å². The van der Waals surface area contributed by atoms with Crippen LogP contribution in [-0.2, 0) is 21.4 Å². The van der Waals surface area contributed by atoms with Gasteiger partial charge in [-0.3, -0.25) is 9.52 Å². The molecule has 0 aromatic heterocycles. The average molecular weight is 401 g/mol. The van der Waals surface area contributed by atoms with Crippen molar-refractivity contribution in [3.63, 3.8) is 0 Å². The van der Waals surface area contributed by atoms with Gasteiger partial charge in [0.15, 0.2) is 6.61 Å². The van der Waals surface area contributed by atoms with E-state index >= 15 is 0 Å². The van der Waals surface area contributed by atoms with Crippen LogP contribution in [0.1, 0.15) is 37.7 Å². The first-order chi connectivity index (χ1) is 13.5. The Hall–Kier alpha value is -2.54. The number of hydrogen-bond donors (Lipinski definition) is 1. The molecule has 2 aromatic rings. The second kappa shape index (κ2) is 7.83. The zero-order chi connectivity index (χ0) is 19.6. The van der Waals surface area contributed by atoms with E-state index in [1.165, 1.54) is 6.42 Å². The number of nitrogens with one attached hydrogen (secondary N) is 1. The van der Waals surface area contributed by atoms with Crippen molar-refractivity contribution in [2.75, 3.05) is 11.3 Å². The highest BCUT2D eigenvalue weighted by molar-refractivity contribution is 7.92. The van der Waals surface area contributed by atoms with E-state index in [0.29, 0.717) is 18.0 Å². The van der Waals surface area contributed by atoms with Crippen LogP contribution in [0.4, 0.5) is 5.69 Å². The summed E-state index contributed by atoms with van der Waals surface area (Å²) in [6.07, 6.45) is 5.53. The largest absolute Gasteiger partial charge is 0.483 e. The molecular formula is C21H24N2O4S. The molecule has 0 unspecified atom stereocenters. The van der Waals surface area contributed by atoms with Crippen molar-refractivity contribution < 1.29 is 17.9 Å². The summed E-state index contributed by atoms with van der Waals surface area (Å²) in [5.74, 6) is 0.629. The lowest BCUT2D eigenvalue weighted by molar-refractivity contribution is -0.136. The van der Waals surface area contributed by atoms with Crippen LogP contribution in [0.25, 0.3) is 0 Å². The van der Waals surface area contributed by atoms with Crippen molar-refractivity contribution >= 4 is 21.6 Å². The molecule has 28 heavy (non-hydrogen) atoms. The molecule has 1 amide bonds. The lowest BCUT2D eigenvalue weighted by Gasteiger charge is -2.33. The Labute approximate surface area is 165 Å². The van der Waals surface area contributed by atoms with Crippen molar-refractivity contribution in [3.05, 3.63) is 54.1 Å². The van der Waals surface area contributed by atoms with E-state index in [9.17, 15) is 13.2 Å². The summed E-state index contributed by atoms with van der Waals surface area (Å²) in [5.41, 5.74) is 1.29. The molecule has 1 aliphatic carbocycles. The summed E-state index contributed by atoms with van der Waals surface area (Å²) in [6.45, 7) is 0.471. The van der Waals surface area contributed by atoms with Crippen LogP contribution in [0.15, 0.2) is 53.4 Å². The molecule has 0 atom stereocenters. The number of carbonyl (C=O) groups is 1. The smallest absolute Gasteiger partial charge is 0.261 e. The highest BCUT2D eigenvalue weighted by Gasteiger charge is 2.29. The van der Waals surface area contributed by atoms with E-state index in [2.05, 4.69) is 4.72 Å². The minimum Gasteiger partial charge on any atom is -0.483 e. The quantitative estimate of drug-likeness (QED) is 0.852. The highest BCUT2D eigenvalue weighted by Crippen LogP contribution is 2.31. The number of rotatable bonds is 4. The molecule has 1 aliphatic heterocycles.